The van der Waals surface area contributed by atoms with Gasteiger partial charge in [-0.2, -0.15) is 0 Å². The molecule has 0 amide bonds. The normalized spacial score (nSPS) is 13.4. The number of alkyl halides is 1. The van der Waals surface area contributed by atoms with Crippen molar-refractivity contribution in [3.8, 4) is 0 Å². The molecule has 0 fully saturated rings. The molecule has 0 aliphatic rings. The van der Waals surface area contributed by atoms with Crippen LogP contribution in [0.3, 0.4) is 0 Å². The molecular weight excluding hydrogens is 182 g/mol. The lowest BCUT2D eigenvalue weighted by Crippen LogP contribution is -2.00. The molecular formula is C6H10ClN3S. The van der Waals surface area contributed by atoms with Gasteiger partial charge in [0.15, 0.2) is 0 Å². The minimum Gasteiger partial charge on any atom is -0.242 e. The number of aromatic nitrogens is 3. The Morgan fingerprint density at radius 1 is 1.82 bits per heavy atom. The Morgan fingerprint density at radius 2 is 2.55 bits per heavy atom. The van der Waals surface area contributed by atoms with Crippen molar-refractivity contribution >= 4 is 23.4 Å². The summed E-state index contributed by atoms with van der Waals surface area (Å²) in [6, 6.07) is 0. The Morgan fingerprint density at radius 3 is 3.00 bits per heavy atom. The third kappa shape index (κ3) is 2.38. The van der Waals surface area contributed by atoms with Crippen molar-refractivity contribution in [2.75, 3.05) is 5.88 Å². The highest BCUT2D eigenvalue weighted by Gasteiger charge is 2.05. The number of nitrogens with zero attached hydrogens (tertiary/aromatic N) is 3. The number of halogens is 1. The van der Waals surface area contributed by atoms with Gasteiger partial charge in [-0.25, -0.2) is 4.68 Å². The molecule has 0 bridgehead atoms. The molecule has 0 saturated heterocycles. The van der Waals surface area contributed by atoms with Crippen LogP contribution in [0.1, 0.15) is 6.92 Å². The van der Waals surface area contributed by atoms with Crippen LogP contribution in [0, 0.1) is 0 Å². The molecule has 1 atom stereocenters. The molecule has 0 aliphatic heterocycles. The maximum Gasteiger partial charge on any atom is 0.114 e. The van der Waals surface area contributed by atoms with Crippen LogP contribution in [0.5, 0.6) is 0 Å². The second-order valence-electron chi connectivity index (χ2n) is 2.28. The van der Waals surface area contributed by atoms with Crippen molar-refractivity contribution in [3.63, 3.8) is 0 Å². The summed E-state index contributed by atoms with van der Waals surface area (Å²) in [5.74, 6) is 0.649. The van der Waals surface area contributed by atoms with E-state index in [1.807, 2.05) is 7.05 Å². The van der Waals surface area contributed by atoms with Gasteiger partial charge < -0.3 is 0 Å². The highest BCUT2D eigenvalue weighted by Crippen LogP contribution is 2.21. The molecule has 5 heteroatoms. The smallest absolute Gasteiger partial charge is 0.114 e. The zero-order valence-electron chi connectivity index (χ0n) is 6.49. The molecule has 0 saturated carbocycles. The highest BCUT2D eigenvalue weighted by molar-refractivity contribution is 7.99. The lowest BCUT2D eigenvalue weighted by molar-refractivity contribution is 0.664. The first-order chi connectivity index (χ1) is 5.24. The molecule has 1 rings (SSSR count). The van der Waals surface area contributed by atoms with Gasteiger partial charge in [0.1, 0.15) is 5.03 Å². The first-order valence-corrected chi connectivity index (χ1v) is 4.72. The summed E-state index contributed by atoms with van der Waals surface area (Å²) in [6.45, 7) is 2.07. The highest BCUT2D eigenvalue weighted by atomic mass is 35.5. The largest absolute Gasteiger partial charge is 0.242 e. The van der Waals surface area contributed by atoms with Crippen LogP contribution in [-0.2, 0) is 7.05 Å². The van der Waals surface area contributed by atoms with Crippen LogP contribution in [0.25, 0.3) is 0 Å². The Balaban J connectivity index is 2.56. The average Bonchev–Trinajstić information content (AvgIpc) is 2.37. The molecule has 62 valence electrons. The van der Waals surface area contributed by atoms with Gasteiger partial charge in [0.05, 0.1) is 6.20 Å². The fraction of sp³-hybridized carbons (Fsp3) is 0.667. The lowest BCUT2D eigenvalue weighted by Gasteiger charge is -2.04. The molecule has 0 aromatic carbocycles. The lowest BCUT2D eigenvalue weighted by atomic mass is 10.6. The monoisotopic (exact) mass is 191 g/mol. The summed E-state index contributed by atoms with van der Waals surface area (Å²) in [7, 11) is 1.87. The Kier molecular flexibility index (Phi) is 3.20. The Hall–Kier alpha value is -0.220. The SMILES string of the molecule is CC(CCl)Sc1cnnn1C. The third-order valence-electron chi connectivity index (χ3n) is 1.21. The Labute approximate surface area is 75.1 Å². The molecule has 1 unspecified atom stereocenters. The molecule has 1 heterocycles. The maximum absolute atomic E-state index is 5.65. The van der Waals surface area contributed by atoms with Crippen molar-refractivity contribution in [2.45, 2.75) is 17.2 Å². The molecule has 1 aromatic rings. The van der Waals surface area contributed by atoms with Crippen LogP contribution in [0.15, 0.2) is 11.2 Å². The molecule has 0 radical (unpaired) electrons. The van der Waals surface area contributed by atoms with E-state index in [1.165, 1.54) is 0 Å². The zero-order chi connectivity index (χ0) is 8.27. The summed E-state index contributed by atoms with van der Waals surface area (Å²) in [4.78, 5) is 0. The quantitative estimate of drug-likeness (QED) is 0.537. The molecule has 0 aliphatic carbocycles. The summed E-state index contributed by atoms with van der Waals surface area (Å²) in [6.07, 6.45) is 1.74. The molecule has 0 N–H and O–H groups in total. The predicted octanol–water partition coefficient (Wildman–Crippen LogP) is 1.53. The summed E-state index contributed by atoms with van der Waals surface area (Å²) in [5.41, 5.74) is 0. The number of hydrogen-bond donors (Lipinski definition) is 0. The molecule has 11 heavy (non-hydrogen) atoms. The van der Waals surface area contributed by atoms with Crippen molar-refractivity contribution in [1.82, 2.24) is 15.0 Å². The minimum atomic E-state index is 0.411. The number of thioether (sulfide) groups is 1. The molecule has 1 aromatic heterocycles. The minimum absolute atomic E-state index is 0.411. The first kappa shape index (κ1) is 8.87. The van der Waals surface area contributed by atoms with Crippen LogP contribution < -0.4 is 0 Å². The number of aryl methyl sites for hydroxylation is 1. The van der Waals surface area contributed by atoms with Crippen molar-refractivity contribution in [3.05, 3.63) is 6.20 Å². The van der Waals surface area contributed by atoms with Crippen molar-refractivity contribution in [1.29, 1.82) is 0 Å². The fourth-order valence-electron chi connectivity index (χ4n) is 0.625. The van der Waals surface area contributed by atoms with Gasteiger partial charge in [-0.3, -0.25) is 0 Å². The van der Waals surface area contributed by atoms with E-state index < -0.39 is 0 Å². The van der Waals surface area contributed by atoms with E-state index in [-0.39, 0.29) is 0 Å². The van der Waals surface area contributed by atoms with Gasteiger partial charge in [0.2, 0.25) is 0 Å². The van der Waals surface area contributed by atoms with Crippen molar-refractivity contribution < 1.29 is 0 Å². The maximum atomic E-state index is 5.65. The summed E-state index contributed by atoms with van der Waals surface area (Å²) >= 11 is 7.33. The fourth-order valence-corrected chi connectivity index (χ4v) is 1.59. The van der Waals surface area contributed by atoms with Crippen LogP contribution in [0.2, 0.25) is 0 Å². The van der Waals surface area contributed by atoms with Crippen LogP contribution in [-0.4, -0.2) is 26.1 Å². The first-order valence-electron chi connectivity index (χ1n) is 3.31. The van der Waals surface area contributed by atoms with E-state index in [2.05, 4.69) is 17.2 Å². The summed E-state index contributed by atoms with van der Waals surface area (Å²) in [5, 5.41) is 9.03. The van der Waals surface area contributed by atoms with Crippen LogP contribution in [0.4, 0.5) is 0 Å². The van der Waals surface area contributed by atoms with E-state index >= 15 is 0 Å². The topological polar surface area (TPSA) is 30.7 Å². The second-order valence-corrected chi connectivity index (χ2v) is 4.05. The van der Waals surface area contributed by atoms with Gasteiger partial charge in [0, 0.05) is 18.2 Å². The van der Waals surface area contributed by atoms with Gasteiger partial charge in [0.25, 0.3) is 0 Å². The predicted molar refractivity (Wildman–Crippen MR) is 47.0 cm³/mol. The van der Waals surface area contributed by atoms with Gasteiger partial charge in [-0.15, -0.1) is 28.5 Å². The molecule has 3 nitrogen and oxygen atoms in total. The van der Waals surface area contributed by atoms with Gasteiger partial charge in [-0.1, -0.05) is 12.1 Å². The number of hydrogen-bond acceptors (Lipinski definition) is 3. The average molecular weight is 192 g/mol. The van der Waals surface area contributed by atoms with E-state index in [1.54, 1.807) is 22.6 Å². The third-order valence-corrected chi connectivity index (χ3v) is 3.04. The van der Waals surface area contributed by atoms with E-state index in [4.69, 9.17) is 11.6 Å². The van der Waals surface area contributed by atoms with E-state index in [9.17, 15) is 0 Å². The van der Waals surface area contributed by atoms with Crippen LogP contribution >= 0.6 is 23.4 Å². The van der Waals surface area contributed by atoms with E-state index in [0.29, 0.717) is 11.1 Å². The van der Waals surface area contributed by atoms with E-state index in [0.717, 1.165) is 5.03 Å². The number of rotatable bonds is 3. The Bertz CT molecular complexity index is 225. The van der Waals surface area contributed by atoms with Gasteiger partial charge >= 0.3 is 0 Å². The van der Waals surface area contributed by atoms with Crippen molar-refractivity contribution in [2.24, 2.45) is 7.05 Å². The zero-order valence-corrected chi connectivity index (χ0v) is 8.06. The second kappa shape index (κ2) is 3.97. The standard InChI is InChI=1S/C6H10ClN3S/c1-5(3-7)11-6-4-8-9-10(6)2/h4-5H,3H2,1-2H3. The molecule has 0 spiro atoms. The summed E-state index contributed by atoms with van der Waals surface area (Å²) < 4.78 is 1.74. The van der Waals surface area contributed by atoms with Gasteiger partial charge in [-0.05, 0) is 0 Å².